The van der Waals surface area contributed by atoms with Crippen LogP contribution in [0.1, 0.15) is 32.1 Å². The van der Waals surface area contributed by atoms with Crippen molar-refractivity contribution in [1.82, 2.24) is 10.2 Å². The van der Waals surface area contributed by atoms with Gasteiger partial charge in [-0.2, -0.15) is 0 Å². The van der Waals surface area contributed by atoms with Crippen LogP contribution in [0.25, 0.3) is 0 Å². The molecule has 0 amide bonds. The van der Waals surface area contributed by atoms with E-state index in [-0.39, 0.29) is 0 Å². The molecule has 2 fully saturated rings. The normalized spacial score (nSPS) is 35.0. The van der Waals surface area contributed by atoms with Crippen LogP contribution in [0.5, 0.6) is 0 Å². The first-order chi connectivity index (χ1) is 7.42. The minimum Gasteiger partial charge on any atom is -0.380 e. The third-order valence-electron chi connectivity index (χ3n) is 3.79. The van der Waals surface area contributed by atoms with Gasteiger partial charge in [0.15, 0.2) is 0 Å². The molecule has 0 bridgehead atoms. The summed E-state index contributed by atoms with van der Waals surface area (Å²) in [6, 6.07) is 0.702. The Labute approximate surface area is 93.2 Å². The molecule has 1 saturated heterocycles. The van der Waals surface area contributed by atoms with Crippen molar-refractivity contribution in [3.8, 4) is 0 Å². The van der Waals surface area contributed by atoms with Crippen LogP contribution in [0.15, 0.2) is 0 Å². The van der Waals surface area contributed by atoms with E-state index in [4.69, 9.17) is 4.74 Å². The van der Waals surface area contributed by atoms with Gasteiger partial charge in [0, 0.05) is 13.2 Å². The summed E-state index contributed by atoms with van der Waals surface area (Å²) in [6.45, 7) is 4.86. The summed E-state index contributed by atoms with van der Waals surface area (Å²) >= 11 is 0. The predicted molar refractivity (Wildman–Crippen MR) is 62.1 cm³/mol. The summed E-state index contributed by atoms with van der Waals surface area (Å²) in [5.41, 5.74) is 0. The Bertz CT molecular complexity index is 178. The SMILES string of the molecule is COC1CCCC1N1CCCNCCC1. The molecule has 0 aromatic heterocycles. The van der Waals surface area contributed by atoms with E-state index in [2.05, 4.69) is 10.2 Å². The first kappa shape index (κ1) is 11.4. The molecule has 1 saturated carbocycles. The van der Waals surface area contributed by atoms with E-state index in [9.17, 15) is 0 Å². The number of hydrogen-bond acceptors (Lipinski definition) is 3. The van der Waals surface area contributed by atoms with Crippen LogP contribution in [0, 0.1) is 0 Å². The summed E-state index contributed by atoms with van der Waals surface area (Å²) in [7, 11) is 1.87. The Kier molecular flexibility index (Phi) is 4.42. The van der Waals surface area contributed by atoms with E-state index in [0.29, 0.717) is 12.1 Å². The molecule has 3 nitrogen and oxygen atoms in total. The van der Waals surface area contributed by atoms with Crippen molar-refractivity contribution < 1.29 is 4.74 Å². The molecule has 1 heterocycles. The average Bonchev–Trinajstić information content (AvgIpc) is 2.65. The molecule has 2 unspecified atom stereocenters. The Hall–Kier alpha value is -0.120. The van der Waals surface area contributed by atoms with Gasteiger partial charge in [-0.1, -0.05) is 0 Å². The van der Waals surface area contributed by atoms with Crippen molar-refractivity contribution in [2.45, 2.75) is 44.2 Å². The maximum Gasteiger partial charge on any atom is 0.0726 e. The summed E-state index contributed by atoms with van der Waals surface area (Å²) < 4.78 is 5.59. The molecule has 2 rings (SSSR count). The van der Waals surface area contributed by atoms with Gasteiger partial charge in [-0.15, -0.1) is 0 Å². The quantitative estimate of drug-likeness (QED) is 0.745. The summed E-state index contributed by atoms with van der Waals surface area (Å²) in [4.78, 5) is 2.67. The first-order valence-corrected chi connectivity index (χ1v) is 6.39. The zero-order chi connectivity index (χ0) is 10.5. The predicted octanol–water partition coefficient (Wildman–Crippen LogP) is 1.24. The highest BCUT2D eigenvalue weighted by Crippen LogP contribution is 2.26. The lowest BCUT2D eigenvalue weighted by Crippen LogP contribution is -2.44. The van der Waals surface area contributed by atoms with Crippen LogP contribution in [0.4, 0.5) is 0 Å². The summed E-state index contributed by atoms with van der Waals surface area (Å²) in [5.74, 6) is 0. The minimum atomic E-state index is 0.498. The van der Waals surface area contributed by atoms with Crippen LogP contribution in [-0.2, 0) is 4.74 Å². The maximum absolute atomic E-state index is 5.59. The van der Waals surface area contributed by atoms with Crippen molar-refractivity contribution in [3.05, 3.63) is 0 Å². The van der Waals surface area contributed by atoms with Gasteiger partial charge >= 0.3 is 0 Å². The number of nitrogens with zero attached hydrogens (tertiary/aromatic N) is 1. The van der Waals surface area contributed by atoms with Crippen LogP contribution >= 0.6 is 0 Å². The molecule has 1 aliphatic heterocycles. The third-order valence-corrected chi connectivity index (χ3v) is 3.79. The van der Waals surface area contributed by atoms with Crippen LogP contribution in [0.2, 0.25) is 0 Å². The zero-order valence-electron chi connectivity index (χ0n) is 9.87. The van der Waals surface area contributed by atoms with Crippen molar-refractivity contribution >= 4 is 0 Å². The minimum absolute atomic E-state index is 0.498. The van der Waals surface area contributed by atoms with Crippen molar-refractivity contribution in [2.75, 3.05) is 33.3 Å². The maximum atomic E-state index is 5.59. The molecule has 0 aromatic rings. The topological polar surface area (TPSA) is 24.5 Å². The summed E-state index contributed by atoms with van der Waals surface area (Å²) in [6.07, 6.45) is 7.01. The molecule has 1 N–H and O–H groups in total. The first-order valence-electron chi connectivity index (χ1n) is 6.39. The Balaban J connectivity index is 1.88. The van der Waals surface area contributed by atoms with Crippen molar-refractivity contribution in [3.63, 3.8) is 0 Å². The molecule has 2 aliphatic rings. The van der Waals surface area contributed by atoms with E-state index >= 15 is 0 Å². The van der Waals surface area contributed by atoms with Crippen LogP contribution < -0.4 is 5.32 Å². The van der Waals surface area contributed by atoms with Gasteiger partial charge in [0.2, 0.25) is 0 Å². The number of ether oxygens (including phenoxy) is 1. The molecule has 0 radical (unpaired) electrons. The van der Waals surface area contributed by atoms with Gasteiger partial charge in [0.05, 0.1) is 6.10 Å². The van der Waals surface area contributed by atoms with E-state index in [1.54, 1.807) is 0 Å². The fourth-order valence-corrected chi connectivity index (χ4v) is 2.98. The zero-order valence-corrected chi connectivity index (χ0v) is 9.87. The van der Waals surface area contributed by atoms with Gasteiger partial charge < -0.3 is 10.1 Å². The summed E-state index contributed by atoms with van der Waals surface area (Å²) in [5, 5.41) is 3.47. The highest BCUT2D eigenvalue weighted by atomic mass is 16.5. The molecule has 1 aliphatic carbocycles. The number of rotatable bonds is 2. The lowest BCUT2D eigenvalue weighted by molar-refractivity contribution is 0.0304. The Morgan fingerprint density at radius 1 is 1.07 bits per heavy atom. The molecular formula is C12H24N2O. The number of methoxy groups -OCH3 is 1. The molecular weight excluding hydrogens is 188 g/mol. The fourth-order valence-electron chi connectivity index (χ4n) is 2.98. The standard InChI is InChI=1S/C12H24N2O/c1-15-12-6-2-5-11(12)14-9-3-7-13-8-4-10-14/h11-13H,2-10H2,1H3. The largest absolute Gasteiger partial charge is 0.380 e. The van der Waals surface area contributed by atoms with Gasteiger partial charge in [0.25, 0.3) is 0 Å². The Morgan fingerprint density at radius 2 is 1.80 bits per heavy atom. The second kappa shape index (κ2) is 5.83. The number of hydrogen-bond donors (Lipinski definition) is 1. The van der Waals surface area contributed by atoms with Gasteiger partial charge in [-0.3, -0.25) is 4.90 Å². The smallest absolute Gasteiger partial charge is 0.0726 e. The van der Waals surface area contributed by atoms with Crippen molar-refractivity contribution in [1.29, 1.82) is 0 Å². The van der Waals surface area contributed by atoms with Crippen molar-refractivity contribution in [2.24, 2.45) is 0 Å². The number of nitrogens with one attached hydrogen (secondary N) is 1. The fraction of sp³-hybridized carbons (Fsp3) is 1.00. The molecule has 15 heavy (non-hydrogen) atoms. The van der Waals surface area contributed by atoms with Gasteiger partial charge in [0.1, 0.15) is 0 Å². The highest BCUT2D eigenvalue weighted by molar-refractivity contribution is 4.86. The Morgan fingerprint density at radius 3 is 2.47 bits per heavy atom. The molecule has 3 heteroatoms. The second-order valence-electron chi connectivity index (χ2n) is 4.77. The van der Waals surface area contributed by atoms with E-state index in [1.165, 1.54) is 58.3 Å². The van der Waals surface area contributed by atoms with E-state index in [0.717, 1.165) is 0 Å². The lowest BCUT2D eigenvalue weighted by atomic mass is 10.1. The van der Waals surface area contributed by atoms with Gasteiger partial charge in [-0.25, -0.2) is 0 Å². The molecule has 0 aromatic carbocycles. The molecule has 2 atom stereocenters. The average molecular weight is 212 g/mol. The monoisotopic (exact) mass is 212 g/mol. The van der Waals surface area contributed by atoms with Gasteiger partial charge in [-0.05, 0) is 58.3 Å². The van der Waals surface area contributed by atoms with Crippen LogP contribution in [0.3, 0.4) is 0 Å². The van der Waals surface area contributed by atoms with E-state index < -0.39 is 0 Å². The highest BCUT2D eigenvalue weighted by Gasteiger charge is 2.31. The van der Waals surface area contributed by atoms with Crippen LogP contribution in [-0.4, -0.2) is 50.3 Å². The molecule has 0 spiro atoms. The lowest BCUT2D eigenvalue weighted by Gasteiger charge is -2.33. The second-order valence-corrected chi connectivity index (χ2v) is 4.77. The molecule has 88 valence electrons. The third kappa shape index (κ3) is 2.92. The van der Waals surface area contributed by atoms with E-state index in [1.807, 2.05) is 7.11 Å².